The maximum Gasteiger partial charge on any atom is 0.490 e. The first kappa shape index (κ1) is 26.7. The molecule has 6 nitrogen and oxygen atoms in total. The van der Waals surface area contributed by atoms with Crippen LogP contribution in [0.2, 0.25) is 5.02 Å². The van der Waals surface area contributed by atoms with Gasteiger partial charge in [-0.2, -0.15) is 13.2 Å². The lowest BCUT2D eigenvalue weighted by atomic mass is 9.89. The Kier molecular flexibility index (Phi) is 8.88. The highest BCUT2D eigenvalue weighted by atomic mass is 35.5. The van der Waals surface area contributed by atoms with Crippen molar-refractivity contribution in [1.29, 1.82) is 0 Å². The van der Waals surface area contributed by atoms with Gasteiger partial charge in [0.2, 0.25) is 0 Å². The van der Waals surface area contributed by atoms with Crippen molar-refractivity contribution in [3.63, 3.8) is 0 Å². The van der Waals surface area contributed by atoms with Gasteiger partial charge in [-0.25, -0.2) is 4.79 Å². The Bertz CT molecular complexity index is 1040. The number of alkyl halides is 3. The zero-order valence-electron chi connectivity index (χ0n) is 19.4. The van der Waals surface area contributed by atoms with Crippen molar-refractivity contribution in [2.75, 3.05) is 13.7 Å². The third-order valence-corrected chi connectivity index (χ3v) is 6.27. The summed E-state index contributed by atoms with van der Waals surface area (Å²) < 4.78 is 43.0. The number of benzene rings is 2. The molecule has 0 bridgehead atoms. The molecule has 0 saturated heterocycles. The van der Waals surface area contributed by atoms with Gasteiger partial charge in [0.05, 0.1) is 31.4 Å². The van der Waals surface area contributed by atoms with E-state index in [1.54, 1.807) is 7.11 Å². The first-order valence-corrected chi connectivity index (χ1v) is 11.7. The summed E-state index contributed by atoms with van der Waals surface area (Å²) in [6, 6.07) is 14.4. The third kappa shape index (κ3) is 6.81. The van der Waals surface area contributed by atoms with Crippen LogP contribution in [0, 0.1) is 5.92 Å². The number of carboxylic acid groups (broad SMARTS) is 1. The molecule has 10 heteroatoms. The number of hydrogen-bond acceptors (Lipinski definition) is 5. The van der Waals surface area contributed by atoms with E-state index in [1.165, 1.54) is 31.2 Å². The van der Waals surface area contributed by atoms with Crippen molar-refractivity contribution in [3.05, 3.63) is 58.6 Å². The molecule has 4 rings (SSSR count). The van der Waals surface area contributed by atoms with Crippen LogP contribution in [0.15, 0.2) is 47.5 Å². The van der Waals surface area contributed by atoms with Gasteiger partial charge in [0.25, 0.3) is 0 Å². The lowest BCUT2D eigenvalue weighted by Gasteiger charge is -2.25. The van der Waals surface area contributed by atoms with E-state index in [0.29, 0.717) is 18.6 Å². The van der Waals surface area contributed by atoms with Crippen molar-refractivity contribution in [3.8, 4) is 11.5 Å². The highest BCUT2D eigenvalue weighted by molar-refractivity contribution is 6.30. The number of rotatable bonds is 6. The quantitative estimate of drug-likeness (QED) is 0.494. The Morgan fingerprint density at radius 3 is 2.34 bits per heavy atom. The van der Waals surface area contributed by atoms with Crippen molar-refractivity contribution < 1.29 is 32.5 Å². The number of nitrogens with one attached hydrogen (secondary N) is 1. The number of nitrogens with zero attached hydrogens (tertiary/aromatic N) is 1. The SMILES string of the molecule is CCOc1cc(OC)ccc1C1=NC(c2ccc(Cl)cc2)C(C2CCCC2)N1.O=C(O)C(F)(F)F. The highest BCUT2D eigenvalue weighted by Crippen LogP contribution is 2.39. The predicted octanol–water partition coefficient (Wildman–Crippen LogP) is 6.03. The van der Waals surface area contributed by atoms with E-state index in [9.17, 15) is 13.2 Å². The second-order valence-corrected chi connectivity index (χ2v) is 8.72. The van der Waals surface area contributed by atoms with E-state index >= 15 is 0 Å². The van der Waals surface area contributed by atoms with Crippen LogP contribution < -0.4 is 14.8 Å². The molecule has 1 fully saturated rings. The maximum atomic E-state index is 10.6. The van der Waals surface area contributed by atoms with E-state index in [-0.39, 0.29) is 6.04 Å². The average molecular weight is 513 g/mol. The average Bonchev–Trinajstić information content (AvgIpc) is 3.50. The monoisotopic (exact) mass is 512 g/mol. The zero-order valence-corrected chi connectivity index (χ0v) is 20.2. The van der Waals surface area contributed by atoms with Gasteiger partial charge in [-0.15, -0.1) is 0 Å². The predicted molar refractivity (Wildman–Crippen MR) is 127 cm³/mol. The summed E-state index contributed by atoms with van der Waals surface area (Å²) in [6.45, 7) is 2.59. The number of aliphatic imine (C=N–C) groups is 1. The van der Waals surface area contributed by atoms with Crippen LogP contribution in [0.1, 0.15) is 49.8 Å². The van der Waals surface area contributed by atoms with Crippen molar-refractivity contribution in [2.45, 2.75) is 50.9 Å². The number of amidine groups is 1. The Morgan fingerprint density at radius 2 is 1.80 bits per heavy atom. The first-order chi connectivity index (χ1) is 16.6. The van der Waals surface area contributed by atoms with Gasteiger partial charge in [-0.3, -0.25) is 4.99 Å². The second-order valence-electron chi connectivity index (χ2n) is 8.29. The summed E-state index contributed by atoms with van der Waals surface area (Å²) in [6.07, 6.45) is 0.0352. The molecule has 0 radical (unpaired) electrons. The minimum Gasteiger partial charge on any atom is -0.497 e. The largest absolute Gasteiger partial charge is 0.497 e. The second kappa shape index (κ2) is 11.7. The van der Waals surface area contributed by atoms with Crippen LogP contribution in [0.5, 0.6) is 11.5 Å². The first-order valence-electron chi connectivity index (χ1n) is 11.3. The Labute approximate surface area is 207 Å². The van der Waals surface area contributed by atoms with Crippen LogP contribution in [-0.2, 0) is 4.79 Å². The van der Waals surface area contributed by atoms with Gasteiger partial charge in [-0.1, -0.05) is 36.6 Å². The van der Waals surface area contributed by atoms with E-state index < -0.39 is 12.1 Å². The molecule has 2 unspecified atom stereocenters. The molecule has 2 aliphatic rings. The molecule has 2 aromatic rings. The number of methoxy groups -OCH3 is 1. The molecular formula is C25H28ClF3N2O4. The maximum absolute atomic E-state index is 10.6. The van der Waals surface area contributed by atoms with Gasteiger partial charge in [0, 0.05) is 11.1 Å². The van der Waals surface area contributed by atoms with Crippen LogP contribution in [0.4, 0.5) is 13.2 Å². The number of carbonyl (C=O) groups is 1. The van der Waals surface area contributed by atoms with E-state index in [0.717, 1.165) is 27.9 Å². The van der Waals surface area contributed by atoms with Gasteiger partial charge in [0.15, 0.2) is 0 Å². The number of ether oxygens (including phenoxy) is 2. The van der Waals surface area contributed by atoms with Crippen molar-refractivity contribution in [2.24, 2.45) is 10.9 Å². The van der Waals surface area contributed by atoms with Crippen molar-refractivity contribution in [1.82, 2.24) is 5.32 Å². The summed E-state index contributed by atoms with van der Waals surface area (Å²) in [5.74, 6) is 0.369. The van der Waals surface area contributed by atoms with Crippen LogP contribution in [0.25, 0.3) is 0 Å². The van der Waals surface area contributed by atoms with Gasteiger partial charge in [-0.05, 0) is 55.5 Å². The Hall–Kier alpha value is -2.94. The summed E-state index contributed by atoms with van der Waals surface area (Å²) >= 11 is 6.11. The third-order valence-electron chi connectivity index (χ3n) is 6.02. The molecular weight excluding hydrogens is 485 g/mol. The normalized spacial score (nSPS) is 19.9. The highest BCUT2D eigenvalue weighted by Gasteiger charge is 2.39. The molecule has 2 aromatic carbocycles. The fourth-order valence-electron chi connectivity index (χ4n) is 4.37. The van der Waals surface area contributed by atoms with E-state index in [2.05, 4.69) is 17.4 Å². The summed E-state index contributed by atoms with van der Waals surface area (Å²) in [5, 5.41) is 11.6. The van der Waals surface area contributed by atoms with E-state index in [1.807, 2.05) is 37.3 Å². The van der Waals surface area contributed by atoms with Crippen molar-refractivity contribution >= 4 is 23.4 Å². The smallest absolute Gasteiger partial charge is 0.490 e. The number of carboxylic acids is 1. The number of hydrogen-bond donors (Lipinski definition) is 2. The van der Waals surface area contributed by atoms with E-state index in [4.69, 9.17) is 36.0 Å². The minimum absolute atomic E-state index is 0.0898. The number of aliphatic carboxylic acids is 1. The van der Waals surface area contributed by atoms with Crippen LogP contribution in [0.3, 0.4) is 0 Å². The zero-order chi connectivity index (χ0) is 25.6. The molecule has 1 aliphatic carbocycles. The molecule has 2 atom stereocenters. The molecule has 0 aromatic heterocycles. The summed E-state index contributed by atoms with van der Waals surface area (Å²) in [5.41, 5.74) is 2.19. The van der Waals surface area contributed by atoms with Gasteiger partial charge < -0.3 is 19.9 Å². The lowest BCUT2D eigenvalue weighted by Crippen LogP contribution is -2.37. The van der Waals surface area contributed by atoms with Gasteiger partial charge >= 0.3 is 12.1 Å². The standard InChI is InChI=1S/C23H27ClN2O2.C2HF3O2/c1-3-28-20-14-18(27-2)12-13-19(20)23-25-21(15-6-4-5-7-15)22(26-23)16-8-10-17(24)11-9-16;3-2(4,5)1(6)7/h8-15,21-22H,3-7H2,1-2H3,(H,25,26);(H,6,7). The van der Waals surface area contributed by atoms with Crippen LogP contribution >= 0.6 is 11.6 Å². The molecule has 2 N–H and O–H groups in total. The minimum atomic E-state index is -5.08. The molecule has 1 heterocycles. The van der Waals surface area contributed by atoms with Crippen LogP contribution in [-0.4, -0.2) is 42.8 Å². The number of halogens is 4. The fourth-order valence-corrected chi connectivity index (χ4v) is 4.50. The molecule has 190 valence electrons. The molecule has 0 amide bonds. The molecule has 0 spiro atoms. The lowest BCUT2D eigenvalue weighted by molar-refractivity contribution is -0.192. The molecule has 1 saturated carbocycles. The Morgan fingerprint density at radius 1 is 1.17 bits per heavy atom. The fraction of sp³-hybridized carbons (Fsp3) is 0.440. The topological polar surface area (TPSA) is 80.2 Å². The Balaban J connectivity index is 0.000000429. The molecule has 1 aliphatic heterocycles. The summed E-state index contributed by atoms with van der Waals surface area (Å²) in [4.78, 5) is 14.0. The van der Waals surface area contributed by atoms with Gasteiger partial charge in [0.1, 0.15) is 17.3 Å². The molecule has 35 heavy (non-hydrogen) atoms. The summed E-state index contributed by atoms with van der Waals surface area (Å²) in [7, 11) is 1.67.